The first-order chi connectivity index (χ1) is 12.1. The Hall–Kier alpha value is -3.18. The van der Waals surface area contributed by atoms with Gasteiger partial charge in [-0.3, -0.25) is 9.59 Å². The molecule has 0 aliphatic rings. The zero-order valence-corrected chi connectivity index (χ0v) is 13.5. The molecule has 0 saturated carbocycles. The van der Waals surface area contributed by atoms with Crippen LogP contribution in [0.15, 0.2) is 77.6 Å². The normalized spacial score (nSPS) is 11.7. The Balaban J connectivity index is 1.69. The average molecular weight is 334 g/mol. The van der Waals surface area contributed by atoms with Gasteiger partial charge in [-0.15, -0.1) is 0 Å². The summed E-state index contributed by atoms with van der Waals surface area (Å²) in [5.74, 6) is -0.518. The molecule has 126 valence electrons. The van der Waals surface area contributed by atoms with Gasteiger partial charge in [0.1, 0.15) is 5.56 Å². The van der Waals surface area contributed by atoms with Crippen molar-refractivity contribution in [2.24, 2.45) is 0 Å². The third kappa shape index (κ3) is 4.02. The van der Waals surface area contributed by atoms with Gasteiger partial charge in [0.2, 0.25) is 0 Å². The number of H-pyrrole nitrogens is 1. The lowest BCUT2D eigenvalue weighted by molar-refractivity contribution is 0.0915. The van der Waals surface area contributed by atoms with Crippen molar-refractivity contribution in [3.63, 3.8) is 0 Å². The summed E-state index contributed by atoms with van der Waals surface area (Å²) in [6.45, 7) is 0.0305. The summed E-state index contributed by atoms with van der Waals surface area (Å²) in [4.78, 5) is 27.1. The van der Waals surface area contributed by atoms with E-state index in [1.807, 2.05) is 48.5 Å². The number of amides is 1. The number of aromatic nitrogens is 1. The number of aliphatic hydroxyl groups is 1. The topological polar surface area (TPSA) is 82.2 Å². The van der Waals surface area contributed by atoms with E-state index in [4.69, 9.17) is 0 Å². The van der Waals surface area contributed by atoms with Gasteiger partial charge in [0, 0.05) is 12.2 Å². The first kappa shape index (κ1) is 16.7. The summed E-state index contributed by atoms with van der Waals surface area (Å²) < 4.78 is 0. The quantitative estimate of drug-likeness (QED) is 0.670. The number of hydrogen-bond acceptors (Lipinski definition) is 3. The van der Waals surface area contributed by atoms with E-state index in [1.165, 1.54) is 6.07 Å². The van der Waals surface area contributed by atoms with E-state index in [-0.39, 0.29) is 12.1 Å². The van der Waals surface area contributed by atoms with Crippen LogP contribution in [0.4, 0.5) is 0 Å². The average Bonchev–Trinajstić information content (AvgIpc) is 2.67. The lowest BCUT2D eigenvalue weighted by Crippen LogP contribution is -2.32. The molecule has 0 aliphatic heterocycles. The van der Waals surface area contributed by atoms with Crippen molar-refractivity contribution in [3.8, 4) is 11.3 Å². The summed E-state index contributed by atoms with van der Waals surface area (Å²) in [5.41, 5.74) is 1.77. The molecule has 2 aromatic carbocycles. The molecule has 0 fully saturated rings. The van der Waals surface area contributed by atoms with Crippen LogP contribution < -0.4 is 10.9 Å². The van der Waals surface area contributed by atoms with E-state index in [1.54, 1.807) is 18.2 Å². The zero-order valence-electron chi connectivity index (χ0n) is 13.5. The molecule has 5 heteroatoms. The standard InChI is InChI=1S/C20H18N2O3/c23-18(15-9-5-2-6-10-15)13-21-19(24)16-11-12-17(22-20(16)25)14-7-3-1-4-8-14/h1-12,18,23H,13H2,(H,21,24)(H,22,25)/t18-/m1/s1. The number of carbonyl (C=O) groups is 1. The minimum Gasteiger partial charge on any atom is -0.387 e. The minimum atomic E-state index is -0.826. The van der Waals surface area contributed by atoms with Crippen LogP contribution in [0.2, 0.25) is 0 Å². The van der Waals surface area contributed by atoms with Gasteiger partial charge < -0.3 is 15.4 Å². The maximum Gasteiger partial charge on any atom is 0.261 e. The number of hydrogen-bond donors (Lipinski definition) is 3. The summed E-state index contributed by atoms with van der Waals surface area (Å²) in [6, 6.07) is 21.6. The number of aliphatic hydroxyl groups excluding tert-OH is 1. The van der Waals surface area contributed by atoms with Crippen LogP contribution in [0.3, 0.4) is 0 Å². The van der Waals surface area contributed by atoms with E-state index in [0.717, 1.165) is 5.56 Å². The molecule has 3 rings (SSSR count). The van der Waals surface area contributed by atoms with E-state index < -0.39 is 17.6 Å². The van der Waals surface area contributed by atoms with Crippen LogP contribution in [0, 0.1) is 0 Å². The molecule has 0 unspecified atom stereocenters. The maximum atomic E-state index is 12.2. The molecule has 0 aliphatic carbocycles. The Morgan fingerprint density at radius 1 is 0.960 bits per heavy atom. The smallest absolute Gasteiger partial charge is 0.261 e. The molecule has 0 saturated heterocycles. The fraction of sp³-hybridized carbons (Fsp3) is 0.100. The van der Waals surface area contributed by atoms with E-state index in [2.05, 4.69) is 10.3 Å². The highest BCUT2D eigenvalue weighted by atomic mass is 16.3. The van der Waals surface area contributed by atoms with Gasteiger partial charge in [0.15, 0.2) is 0 Å². The van der Waals surface area contributed by atoms with Crippen molar-refractivity contribution >= 4 is 5.91 Å². The van der Waals surface area contributed by atoms with Gasteiger partial charge in [0.05, 0.1) is 6.10 Å². The number of rotatable bonds is 5. The highest BCUT2D eigenvalue weighted by molar-refractivity contribution is 5.94. The first-order valence-corrected chi connectivity index (χ1v) is 7.95. The summed E-state index contributed by atoms with van der Waals surface area (Å²) in [5, 5.41) is 12.7. The third-order valence-corrected chi connectivity index (χ3v) is 3.88. The second-order valence-corrected chi connectivity index (χ2v) is 5.62. The van der Waals surface area contributed by atoms with Crippen molar-refractivity contribution in [3.05, 3.63) is 94.3 Å². The summed E-state index contributed by atoms with van der Waals surface area (Å²) in [6.07, 6.45) is -0.826. The number of benzene rings is 2. The maximum absolute atomic E-state index is 12.2. The van der Waals surface area contributed by atoms with Gasteiger partial charge in [-0.05, 0) is 23.3 Å². The molecule has 0 bridgehead atoms. The van der Waals surface area contributed by atoms with Crippen LogP contribution in [-0.4, -0.2) is 22.5 Å². The molecule has 1 aromatic heterocycles. The largest absolute Gasteiger partial charge is 0.387 e. The Kier molecular flexibility index (Phi) is 5.06. The van der Waals surface area contributed by atoms with E-state index >= 15 is 0 Å². The van der Waals surface area contributed by atoms with Gasteiger partial charge >= 0.3 is 0 Å². The molecular formula is C20H18N2O3. The van der Waals surface area contributed by atoms with Crippen LogP contribution in [-0.2, 0) is 0 Å². The van der Waals surface area contributed by atoms with Crippen molar-refractivity contribution < 1.29 is 9.90 Å². The van der Waals surface area contributed by atoms with Gasteiger partial charge in [0.25, 0.3) is 11.5 Å². The van der Waals surface area contributed by atoms with E-state index in [9.17, 15) is 14.7 Å². The number of carbonyl (C=O) groups excluding carboxylic acids is 1. The van der Waals surface area contributed by atoms with Gasteiger partial charge in [-0.25, -0.2) is 0 Å². The highest BCUT2D eigenvalue weighted by Crippen LogP contribution is 2.15. The second-order valence-electron chi connectivity index (χ2n) is 5.62. The zero-order chi connectivity index (χ0) is 17.6. The molecule has 0 radical (unpaired) electrons. The first-order valence-electron chi connectivity index (χ1n) is 7.95. The molecule has 25 heavy (non-hydrogen) atoms. The highest BCUT2D eigenvalue weighted by Gasteiger charge is 2.14. The lowest BCUT2D eigenvalue weighted by atomic mass is 10.1. The Bertz CT molecular complexity index is 905. The Labute approximate surface area is 145 Å². The van der Waals surface area contributed by atoms with E-state index in [0.29, 0.717) is 11.3 Å². The fourth-order valence-corrected chi connectivity index (χ4v) is 2.52. The third-order valence-electron chi connectivity index (χ3n) is 3.88. The molecule has 3 aromatic rings. The van der Waals surface area contributed by atoms with Crippen molar-refractivity contribution in [1.82, 2.24) is 10.3 Å². The fourth-order valence-electron chi connectivity index (χ4n) is 2.52. The van der Waals surface area contributed by atoms with Crippen LogP contribution >= 0.6 is 0 Å². The lowest BCUT2D eigenvalue weighted by Gasteiger charge is -2.12. The van der Waals surface area contributed by atoms with Gasteiger partial charge in [-0.2, -0.15) is 0 Å². The van der Waals surface area contributed by atoms with Gasteiger partial charge in [-0.1, -0.05) is 60.7 Å². The van der Waals surface area contributed by atoms with Crippen molar-refractivity contribution in [2.45, 2.75) is 6.10 Å². The molecule has 0 spiro atoms. The molecule has 1 atom stereocenters. The predicted octanol–water partition coefficient (Wildman–Crippen LogP) is 2.51. The Morgan fingerprint density at radius 3 is 2.24 bits per heavy atom. The monoisotopic (exact) mass is 334 g/mol. The number of nitrogens with one attached hydrogen (secondary N) is 2. The Morgan fingerprint density at radius 2 is 1.60 bits per heavy atom. The second kappa shape index (κ2) is 7.59. The molecule has 3 N–H and O–H groups in total. The van der Waals surface area contributed by atoms with Crippen LogP contribution in [0.25, 0.3) is 11.3 Å². The van der Waals surface area contributed by atoms with Crippen LogP contribution in [0.5, 0.6) is 0 Å². The predicted molar refractivity (Wildman–Crippen MR) is 96.2 cm³/mol. The van der Waals surface area contributed by atoms with Crippen molar-refractivity contribution in [2.75, 3.05) is 6.54 Å². The van der Waals surface area contributed by atoms with Crippen molar-refractivity contribution in [1.29, 1.82) is 0 Å². The molecular weight excluding hydrogens is 316 g/mol. The minimum absolute atomic E-state index is 0.0138. The summed E-state index contributed by atoms with van der Waals surface area (Å²) in [7, 11) is 0. The number of pyridine rings is 1. The molecule has 1 heterocycles. The molecule has 1 amide bonds. The SMILES string of the molecule is O=C(NC[C@@H](O)c1ccccc1)c1ccc(-c2ccccc2)[nH]c1=O. The summed E-state index contributed by atoms with van der Waals surface area (Å²) >= 11 is 0. The molecule has 5 nitrogen and oxygen atoms in total. The van der Waals surface area contributed by atoms with Crippen LogP contribution in [0.1, 0.15) is 22.0 Å². The number of aromatic amines is 1.